The first-order valence-electron chi connectivity index (χ1n) is 6.86. The van der Waals surface area contributed by atoms with Crippen LogP contribution in [-0.2, 0) is 6.54 Å². The average Bonchev–Trinajstić information content (AvgIpc) is 2.30. The zero-order valence-electron chi connectivity index (χ0n) is 11.8. The lowest BCUT2D eigenvalue weighted by molar-refractivity contribution is -0.953. The molecule has 1 atom stereocenters. The smallest absolute Gasteiger partial charge is 0.127 e. The molecule has 0 amide bonds. The molecule has 0 radical (unpaired) electrons. The van der Waals surface area contributed by atoms with Crippen LogP contribution in [0.4, 0.5) is 0 Å². The SMILES string of the molecule is CC[NH+](CC)CC[NH+](C)Cc1cccc(C)c1. The lowest BCUT2D eigenvalue weighted by Crippen LogP contribution is -3.18. The molecule has 0 aliphatic rings. The summed E-state index contributed by atoms with van der Waals surface area (Å²) in [6.07, 6.45) is 0. The van der Waals surface area contributed by atoms with E-state index in [0.29, 0.717) is 0 Å². The Morgan fingerprint density at radius 1 is 1.06 bits per heavy atom. The number of benzene rings is 1. The van der Waals surface area contributed by atoms with Crippen molar-refractivity contribution in [1.29, 1.82) is 0 Å². The van der Waals surface area contributed by atoms with E-state index in [2.05, 4.69) is 52.1 Å². The van der Waals surface area contributed by atoms with Crippen LogP contribution in [0.2, 0.25) is 0 Å². The second-order valence-electron chi connectivity index (χ2n) is 5.08. The minimum absolute atomic E-state index is 1.14. The quantitative estimate of drug-likeness (QED) is 0.656. The van der Waals surface area contributed by atoms with Crippen molar-refractivity contribution < 1.29 is 9.80 Å². The Bertz CT molecular complexity index is 318. The number of hydrogen-bond acceptors (Lipinski definition) is 0. The van der Waals surface area contributed by atoms with Crippen molar-refractivity contribution in [3.63, 3.8) is 0 Å². The van der Waals surface area contributed by atoms with Crippen LogP contribution in [0.25, 0.3) is 0 Å². The van der Waals surface area contributed by atoms with E-state index in [1.165, 1.54) is 37.3 Å². The maximum absolute atomic E-state index is 2.30. The molecule has 0 aliphatic heterocycles. The molecule has 2 N–H and O–H groups in total. The monoisotopic (exact) mass is 236 g/mol. The van der Waals surface area contributed by atoms with Crippen molar-refractivity contribution in [2.45, 2.75) is 27.3 Å². The summed E-state index contributed by atoms with van der Waals surface area (Å²) in [5, 5.41) is 0. The van der Waals surface area contributed by atoms with Crippen LogP contribution < -0.4 is 9.80 Å². The molecule has 0 fully saturated rings. The maximum atomic E-state index is 2.30. The second kappa shape index (κ2) is 7.46. The van der Waals surface area contributed by atoms with Gasteiger partial charge in [0, 0.05) is 5.56 Å². The number of hydrogen-bond donors (Lipinski definition) is 2. The molecule has 2 heteroatoms. The highest BCUT2D eigenvalue weighted by molar-refractivity contribution is 5.21. The molecule has 1 rings (SSSR count). The summed E-state index contributed by atoms with van der Waals surface area (Å²) in [6, 6.07) is 8.86. The molecule has 0 spiro atoms. The normalized spacial score (nSPS) is 13.0. The molecular weight excluding hydrogens is 208 g/mol. The van der Waals surface area contributed by atoms with Crippen molar-refractivity contribution in [1.82, 2.24) is 0 Å². The van der Waals surface area contributed by atoms with Gasteiger partial charge in [0.15, 0.2) is 0 Å². The topological polar surface area (TPSA) is 8.88 Å². The zero-order valence-corrected chi connectivity index (χ0v) is 11.8. The highest BCUT2D eigenvalue weighted by Crippen LogP contribution is 2.01. The standard InChI is InChI=1S/C15H26N2/c1-5-17(6-2)11-10-16(4)13-15-9-7-8-14(3)12-15/h7-9,12H,5-6,10-11,13H2,1-4H3/p+2. The van der Waals surface area contributed by atoms with Gasteiger partial charge in [-0.3, -0.25) is 0 Å². The zero-order chi connectivity index (χ0) is 12.7. The van der Waals surface area contributed by atoms with Crippen molar-refractivity contribution in [3.8, 4) is 0 Å². The maximum Gasteiger partial charge on any atom is 0.127 e. The fraction of sp³-hybridized carbons (Fsp3) is 0.600. The van der Waals surface area contributed by atoms with Gasteiger partial charge in [-0.2, -0.15) is 0 Å². The van der Waals surface area contributed by atoms with Crippen LogP contribution in [0.15, 0.2) is 24.3 Å². The van der Waals surface area contributed by atoms with Crippen LogP contribution in [0.3, 0.4) is 0 Å². The van der Waals surface area contributed by atoms with E-state index in [0.717, 1.165) is 6.54 Å². The molecule has 0 bridgehead atoms. The van der Waals surface area contributed by atoms with Crippen LogP contribution in [0.5, 0.6) is 0 Å². The Balaban J connectivity index is 2.36. The first-order chi connectivity index (χ1) is 8.15. The van der Waals surface area contributed by atoms with E-state index in [9.17, 15) is 0 Å². The molecular formula is C15H28N2+2. The van der Waals surface area contributed by atoms with Gasteiger partial charge in [0.1, 0.15) is 19.6 Å². The van der Waals surface area contributed by atoms with Crippen molar-refractivity contribution in [2.75, 3.05) is 33.2 Å². The third-order valence-corrected chi connectivity index (χ3v) is 3.49. The van der Waals surface area contributed by atoms with Crippen LogP contribution in [0.1, 0.15) is 25.0 Å². The lowest BCUT2D eigenvalue weighted by atomic mass is 10.1. The van der Waals surface area contributed by atoms with E-state index in [-0.39, 0.29) is 0 Å². The summed E-state index contributed by atoms with van der Waals surface area (Å²) >= 11 is 0. The van der Waals surface area contributed by atoms with E-state index in [4.69, 9.17) is 0 Å². The Labute approximate surface area is 106 Å². The molecule has 0 saturated heterocycles. The van der Waals surface area contributed by atoms with Crippen molar-refractivity contribution in [3.05, 3.63) is 35.4 Å². The van der Waals surface area contributed by atoms with E-state index in [1.54, 1.807) is 9.80 Å². The Kier molecular flexibility index (Phi) is 6.23. The minimum Gasteiger partial charge on any atom is -0.331 e. The van der Waals surface area contributed by atoms with Crippen molar-refractivity contribution >= 4 is 0 Å². The van der Waals surface area contributed by atoms with Gasteiger partial charge in [-0.05, 0) is 20.8 Å². The second-order valence-corrected chi connectivity index (χ2v) is 5.08. The summed E-state index contributed by atoms with van der Waals surface area (Å²) in [7, 11) is 2.30. The highest BCUT2D eigenvalue weighted by Gasteiger charge is 2.08. The minimum atomic E-state index is 1.14. The van der Waals surface area contributed by atoms with Crippen LogP contribution in [-0.4, -0.2) is 33.2 Å². The van der Waals surface area contributed by atoms with Gasteiger partial charge < -0.3 is 9.80 Å². The number of quaternary nitrogens is 2. The summed E-state index contributed by atoms with van der Waals surface area (Å²) in [6.45, 7) is 12.9. The number of rotatable bonds is 7. The molecule has 96 valence electrons. The third kappa shape index (κ3) is 5.33. The summed E-state index contributed by atoms with van der Waals surface area (Å²) < 4.78 is 0. The third-order valence-electron chi connectivity index (χ3n) is 3.49. The molecule has 0 aliphatic carbocycles. The number of aryl methyl sites for hydroxylation is 1. The van der Waals surface area contributed by atoms with Gasteiger partial charge in [0.05, 0.1) is 20.1 Å². The molecule has 17 heavy (non-hydrogen) atoms. The number of nitrogens with one attached hydrogen (secondary N) is 2. The molecule has 1 unspecified atom stereocenters. The Morgan fingerprint density at radius 2 is 1.76 bits per heavy atom. The molecule has 0 saturated carbocycles. The number of likely N-dealkylation sites (N-methyl/N-ethyl adjacent to an activating group) is 2. The Hall–Kier alpha value is -0.860. The van der Waals surface area contributed by atoms with Gasteiger partial charge in [-0.1, -0.05) is 29.8 Å². The lowest BCUT2D eigenvalue weighted by Gasteiger charge is -2.19. The van der Waals surface area contributed by atoms with Gasteiger partial charge in [-0.25, -0.2) is 0 Å². The van der Waals surface area contributed by atoms with Gasteiger partial charge in [-0.15, -0.1) is 0 Å². The molecule has 0 aromatic heterocycles. The molecule has 1 aromatic carbocycles. The van der Waals surface area contributed by atoms with Crippen LogP contribution >= 0.6 is 0 Å². The molecule has 1 aromatic rings. The molecule has 2 nitrogen and oxygen atoms in total. The van der Waals surface area contributed by atoms with E-state index >= 15 is 0 Å². The van der Waals surface area contributed by atoms with E-state index in [1.807, 2.05) is 0 Å². The van der Waals surface area contributed by atoms with E-state index < -0.39 is 0 Å². The highest BCUT2D eigenvalue weighted by atomic mass is 15.2. The molecule has 0 heterocycles. The van der Waals surface area contributed by atoms with Gasteiger partial charge in [0.25, 0.3) is 0 Å². The van der Waals surface area contributed by atoms with Crippen LogP contribution in [0, 0.1) is 6.92 Å². The predicted molar refractivity (Wildman–Crippen MR) is 73.5 cm³/mol. The summed E-state index contributed by atoms with van der Waals surface area (Å²) in [5.41, 5.74) is 2.82. The summed E-state index contributed by atoms with van der Waals surface area (Å²) in [5.74, 6) is 0. The first kappa shape index (κ1) is 14.2. The summed E-state index contributed by atoms with van der Waals surface area (Å²) in [4.78, 5) is 3.31. The predicted octanol–water partition coefficient (Wildman–Crippen LogP) is -0.0656. The average molecular weight is 236 g/mol. The van der Waals surface area contributed by atoms with Crippen molar-refractivity contribution in [2.24, 2.45) is 0 Å². The van der Waals surface area contributed by atoms with Gasteiger partial charge in [0.2, 0.25) is 0 Å². The first-order valence-corrected chi connectivity index (χ1v) is 6.86. The Morgan fingerprint density at radius 3 is 2.35 bits per heavy atom. The fourth-order valence-electron chi connectivity index (χ4n) is 2.25. The largest absolute Gasteiger partial charge is 0.331 e. The van der Waals surface area contributed by atoms with Gasteiger partial charge >= 0.3 is 0 Å². The fourth-order valence-corrected chi connectivity index (χ4v) is 2.25.